The fraction of sp³-hybridized carbons (Fsp3) is 0.188. The van der Waals surface area contributed by atoms with Crippen LogP contribution in [0, 0.1) is 6.92 Å². The van der Waals surface area contributed by atoms with Crippen LogP contribution in [0.15, 0.2) is 36.7 Å². The standard InChI is InChI=1S/C16H13ClN6O/c1-9-15-11(10-3-2-6-18-8-10)7-14(24)19-16(15)23(22-9)13-5-4-12(17)20-21-13/h2-6,8,11H,7H2,1H3,(H,19,24)/t11-/m1/s1. The van der Waals surface area contributed by atoms with E-state index in [0.717, 1.165) is 16.8 Å². The van der Waals surface area contributed by atoms with E-state index in [1.54, 1.807) is 29.2 Å². The molecule has 0 unspecified atom stereocenters. The smallest absolute Gasteiger partial charge is 0.226 e. The van der Waals surface area contributed by atoms with Crippen molar-refractivity contribution in [1.29, 1.82) is 0 Å². The molecule has 0 radical (unpaired) electrons. The summed E-state index contributed by atoms with van der Waals surface area (Å²) in [5.41, 5.74) is 2.79. The number of fused-ring (bicyclic) bond motifs is 1. The number of hydrogen-bond donors (Lipinski definition) is 1. The van der Waals surface area contributed by atoms with Crippen LogP contribution in [0.4, 0.5) is 5.82 Å². The lowest BCUT2D eigenvalue weighted by molar-refractivity contribution is -0.116. The highest BCUT2D eigenvalue weighted by Gasteiger charge is 2.33. The van der Waals surface area contributed by atoms with Crippen LogP contribution in [-0.2, 0) is 4.79 Å². The number of nitrogens with zero attached hydrogens (tertiary/aromatic N) is 5. The highest BCUT2D eigenvalue weighted by Crippen LogP contribution is 2.39. The Morgan fingerprint density at radius 1 is 1.29 bits per heavy atom. The molecule has 4 rings (SSSR count). The summed E-state index contributed by atoms with van der Waals surface area (Å²) in [7, 11) is 0. The maximum absolute atomic E-state index is 12.2. The van der Waals surface area contributed by atoms with E-state index in [-0.39, 0.29) is 11.8 Å². The third-order valence-corrected chi connectivity index (χ3v) is 4.23. The summed E-state index contributed by atoms with van der Waals surface area (Å²) < 4.78 is 1.59. The number of amides is 1. The summed E-state index contributed by atoms with van der Waals surface area (Å²) in [6.45, 7) is 1.92. The molecule has 0 aliphatic carbocycles. The molecule has 1 atom stereocenters. The first kappa shape index (κ1) is 14.8. The number of carbonyl (C=O) groups is 1. The van der Waals surface area contributed by atoms with Crippen molar-refractivity contribution >= 4 is 23.3 Å². The molecule has 3 aromatic rings. The average molecular weight is 341 g/mol. The van der Waals surface area contributed by atoms with E-state index >= 15 is 0 Å². The SMILES string of the molecule is Cc1nn(-c2ccc(Cl)nn2)c2c1[C@@H](c1cccnc1)CC(=O)N2. The highest BCUT2D eigenvalue weighted by molar-refractivity contribution is 6.29. The predicted molar refractivity (Wildman–Crippen MR) is 88.2 cm³/mol. The van der Waals surface area contributed by atoms with E-state index in [4.69, 9.17) is 11.6 Å². The van der Waals surface area contributed by atoms with Gasteiger partial charge >= 0.3 is 0 Å². The Hall–Kier alpha value is -2.80. The Kier molecular flexibility index (Phi) is 3.50. The first-order valence-electron chi connectivity index (χ1n) is 7.42. The maximum atomic E-state index is 12.2. The summed E-state index contributed by atoms with van der Waals surface area (Å²) >= 11 is 5.79. The second-order valence-corrected chi connectivity index (χ2v) is 5.95. The van der Waals surface area contributed by atoms with Crippen molar-refractivity contribution in [1.82, 2.24) is 25.0 Å². The zero-order chi connectivity index (χ0) is 16.7. The zero-order valence-corrected chi connectivity index (χ0v) is 13.5. The number of anilines is 1. The van der Waals surface area contributed by atoms with E-state index in [0.29, 0.717) is 23.2 Å². The number of aryl methyl sites for hydroxylation is 1. The van der Waals surface area contributed by atoms with Crippen molar-refractivity contribution in [2.24, 2.45) is 0 Å². The molecule has 1 aliphatic heterocycles. The highest BCUT2D eigenvalue weighted by atomic mass is 35.5. The monoisotopic (exact) mass is 340 g/mol. The van der Waals surface area contributed by atoms with Crippen LogP contribution in [0.3, 0.4) is 0 Å². The van der Waals surface area contributed by atoms with Gasteiger partial charge < -0.3 is 5.32 Å². The van der Waals surface area contributed by atoms with Gasteiger partial charge in [-0.15, -0.1) is 10.2 Å². The van der Waals surface area contributed by atoms with Gasteiger partial charge in [0, 0.05) is 30.3 Å². The van der Waals surface area contributed by atoms with Crippen molar-refractivity contribution in [2.45, 2.75) is 19.3 Å². The third kappa shape index (κ3) is 2.43. The number of halogens is 1. The number of rotatable bonds is 2. The number of aromatic nitrogens is 5. The van der Waals surface area contributed by atoms with Gasteiger partial charge in [0.25, 0.3) is 0 Å². The van der Waals surface area contributed by atoms with Gasteiger partial charge in [-0.2, -0.15) is 9.78 Å². The summed E-state index contributed by atoms with van der Waals surface area (Å²) in [4.78, 5) is 16.4. The largest absolute Gasteiger partial charge is 0.310 e. The molecule has 1 N–H and O–H groups in total. The Balaban J connectivity index is 1.87. The number of hydrogen-bond acceptors (Lipinski definition) is 5. The Morgan fingerprint density at radius 3 is 2.88 bits per heavy atom. The van der Waals surface area contributed by atoms with E-state index in [1.807, 2.05) is 19.1 Å². The normalized spacial score (nSPS) is 16.6. The summed E-state index contributed by atoms with van der Waals surface area (Å²) in [6.07, 6.45) is 3.86. The molecule has 1 aliphatic rings. The molecule has 0 aromatic carbocycles. The zero-order valence-electron chi connectivity index (χ0n) is 12.8. The molecule has 3 aromatic heterocycles. The lowest BCUT2D eigenvalue weighted by atomic mass is 9.87. The van der Waals surface area contributed by atoms with Crippen LogP contribution in [-0.4, -0.2) is 30.9 Å². The summed E-state index contributed by atoms with van der Waals surface area (Å²) in [6, 6.07) is 7.18. The Bertz CT molecular complexity index is 906. The van der Waals surface area contributed by atoms with Crippen molar-refractivity contribution in [3.05, 3.63) is 58.6 Å². The molecular weight excluding hydrogens is 328 g/mol. The first-order chi connectivity index (χ1) is 11.6. The Morgan fingerprint density at radius 2 is 2.17 bits per heavy atom. The molecule has 4 heterocycles. The fourth-order valence-corrected chi connectivity index (χ4v) is 3.10. The van der Waals surface area contributed by atoms with E-state index < -0.39 is 0 Å². The molecule has 120 valence electrons. The van der Waals surface area contributed by atoms with Crippen molar-refractivity contribution < 1.29 is 4.79 Å². The summed E-state index contributed by atoms with van der Waals surface area (Å²) in [5, 5.41) is 15.6. The van der Waals surface area contributed by atoms with E-state index in [9.17, 15) is 4.79 Å². The van der Waals surface area contributed by atoms with Crippen LogP contribution in [0.1, 0.15) is 29.2 Å². The van der Waals surface area contributed by atoms with Gasteiger partial charge in [-0.3, -0.25) is 9.78 Å². The van der Waals surface area contributed by atoms with Gasteiger partial charge in [-0.05, 0) is 30.7 Å². The maximum Gasteiger partial charge on any atom is 0.226 e. The average Bonchev–Trinajstić information content (AvgIpc) is 2.92. The minimum Gasteiger partial charge on any atom is -0.310 e. The minimum absolute atomic E-state index is 0.0700. The topological polar surface area (TPSA) is 85.6 Å². The van der Waals surface area contributed by atoms with Crippen LogP contribution in [0.5, 0.6) is 0 Å². The van der Waals surface area contributed by atoms with Gasteiger partial charge in [-0.25, -0.2) is 0 Å². The van der Waals surface area contributed by atoms with Crippen LogP contribution in [0.2, 0.25) is 5.15 Å². The number of pyridine rings is 1. The van der Waals surface area contributed by atoms with E-state index in [1.165, 1.54) is 0 Å². The molecule has 8 heteroatoms. The van der Waals surface area contributed by atoms with Crippen molar-refractivity contribution in [3.8, 4) is 5.82 Å². The summed E-state index contributed by atoms with van der Waals surface area (Å²) in [5.74, 6) is 0.959. The second-order valence-electron chi connectivity index (χ2n) is 5.56. The number of nitrogens with one attached hydrogen (secondary N) is 1. The van der Waals surface area contributed by atoms with Crippen LogP contribution in [0.25, 0.3) is 5.82 Å². The molecular formula is C16H13ClN6O. The van der Waals surface area contributed by atoms with E-state index in [2.05, 4.69) is 25.6 Å². The molecule has 0 fully saturated rings. The van der Waals surface area contributed by atoms with Gasteiger partial charge in [0.05, 0.1) is 5.69 Å². The van der Waals surface area contributed by atoms with Gasteiger partial charge in [-0.1, -0.05) is 17.7 Å². The lowest BCUT2D eigenvalue weighted by Crippen LogP contribution is -2.25. The van der Waals surface area contributed by atoms with Crippen LogP contribution < -0.4 is 5.32 Å². The third-order valence-electron chi connectivity index (χ3n) is 4.02. The van der Waals surface area contributed by atoms with Crippen LogP contribution >= 0.6 is 11.6 Å². The minimum atomic E-state index is -0.0866. The lowest BCUT2D eigenvalue weighted by Gasteiger charge is -2.23. The molecule has 24 heavy (non-hydrogen) atoms. The van der Waals surface area contributed by atoms with Crippen molar-refractivity contribution in [3.63, 3.8) is 0 Å². The second kappa shape index (κ2) is 5.68. The predicted octanol–water partition coefficient (Wildman–Crippen LogP) is 2.49. The van der Waals surface area contributed by atoms with Gasteiger partial charge in [0.15, 0.2) is 11.0 Å². The number of carbonyl (C=O) groups excluding carboxylic acids is 1. The molecule has 7 nitrogen and oxygen atoms in total. The molecule has 0 saturated heterocycles. The first-order valence-corrected chi connectivity index (χ1v) is 7.80. The van der Waals surface area contributed by atoms with Crippen molar-refractivity contribution in [2.75, 3.05) is 5.32 Å². The van der Waals surface area contributed by atoms with Gasteiger partial charge in [0.2, 0.25) is 5.91 Å². The molecule has 0 bridgehead atoms. The molecule has 1 amide bonds. The molecule has 0 spiro atoms. The van der Waals surface area contributed by atoms with Gasteiger partial charge in [0.1, 0.15) is 5.82 Å². The quantitative estimate of drug-likeness (QED) is 0.774. The fourth-order valence-electron chi connectivity index (χ4n) is 3.00. The Labute approximate surface area is 142 Å². The molecule has 0 saturated carbocycles.